The van der Waals surface area contributed by atoms with Crippen molar-refractivity contribution in [3.63, 3.8) is 0 Å². The molecule has 0 saturated carbocycles. The van der Waals surface area contributed by atoms with Crippen LogP contribution in [0.15, 0.2) is 10.3 Å². The lowest BCUT2D eigenvalue weighted by molar-refractivity contribution is -0.383. The van der Waals surface area contributed by atoms with Crippen molar-refractivity contribution in [2.75, 3.05) is 11.6 Å². The van der Waals surface area contributed by atoms with Gasteiger partial charge in [-0.05, 0) is 5.92 Å². The first-order valence-corrected chi connectivity index (χ1v) is 8.22. The fourth-order valence-electron chi connectivity index (χ4n) is 1.44. The Labute approximate surface area is 119 Å². The Bertz CT molecular complexity index is 634. The van der Waals surface area contributed by atoms with Crippen LogP contribution in [-0.4, -0.2) is 36.7 Å². The lowest BCUT2D eigenvalue weighted by atomic mass is 10.1. The molecule has 0 aliphatic heterocycles. The van der Waals surface area contributed by atoms with Crippen molar-refractivity contribution >= 4 is 37.8 Å². The summed E-state index contributed by atoms with van der Waals surface area (Å²) in [5.41, 5.74) is -0.442. The van der Waals surface area contributed by atoms with Crippen LogP contribution >= 0.6 is 11.3 Å². The molecule has 10 heteroatoms. The Kier molecular flexibility index (Phi) is 4.71. The second-order valence-corrected chi connectivity index (χ2v) is 7.81. The van der Waals surface area contributed by atoms with Crippen LogP contribution in [0.2, 0.25) is 0 Å². The van der Waals surface area contributed by atoms with Crippen LogP contribution < -0.4 is 5.32 Å². The number of anilines is 1. The molecule has 8 nitrogen and oxygen atoms in total. The van der Waals surface area contributed by atoms with Gasteiger partial charge in [0.2, 0.25) is 0 Å². The maximum Gasteiger partial charge on any atom is 0.326 e. The maximum absolute atomic E-state index is 11.4. The molecule has 1 heterocycles. The summed E-state index contributed by atoms with van der Waals surface area (Å²) in [4.78, 5) is 21.3. The molecule has 1 aromatic heterocycles. The molecule has 0 aliphatic carbocycles. The molecule has 0 radical (unpaired) electrons. The number of hydrogen-bond donors (Lipinski definition) is 2. The van der Waals surface area contributed by atoms with Crippen LogP contribution in [0.5, 0.6) is 0 Å². The Morgan fingerprint density at radius 1 is 1.50 bits per heavy atom. The average molecular weight is 322 g/mol. The number of carbonyl (C=O) groups is 1. The molecule has 0 amide bonds. The van der Waals surface area contributed by atoms with Gasteiger partial charge < -0.3 is 10.4 Å². The summed E-state index contributed by atoms with van der Waals surface area (Å²) in [7, 11) is -3.59. The van der Waals surface area contributed by atoms with Crippen molar-refractivity contribution < 1.29 is 23.2 Å². The molecule has 112 valence electrons. The molecule has 20 heavy (non-hydrogen) atoms. The molecule has 0 spiro atoms. The van der Waals surface area contributed by atoms with Crippen LogP contribution in [-0.2, 0) is 14.6 Å². The molecular formula is C10H14N2O6S2. The maximum atomic E-state index is 11.4. The molecule has 2 N–H and O–H groups in total. The topological polar surface area (TPSA) is 127 Å². The van der Waals surface area contributed by atoms with E-state index >= 15 is 0 Å². The molecular weight excluding hydrogens is 308 g/mol. The van der Waals surface area contributed by atoms with Crippen LogP contribution in [0.4, 0.5) is 10.7 Å². The van der Waals surface area contributed by atoms with Gasteiger partial charge in [0.25, 0.3) is 0 Å². The van der Waals surface area contributed by atoms with Crippen LogP contribution in [0.25, 0.3) is 0 Å². The van der Waals surface area contributed by atoms with Gasteiger partial charge in [-0.2, -0.15) is 0 Å². The van der Waals surface area contributed by atoms with Gasteiger partial charge in [0.1, 0.15) is 10.3 Å². The van der Waals surface area contributed by atoms with Crippen LogP contribution in [0.3, 0.4) is 0 Å². The number of sulfone groups is 1. The van der Waals surface area contributed by atoms with Gasteiger partial charge in [-0.3, -0.25) is 10.1 Å². The van der Waals surface area contributed by atoms with E-state index in [1.165, 1.54) is 0 Å². The zero-order chi connectivity index (χ0) is 15.7. The van der Waals surface area contributed by atoms with Crippen molar-refractivity contribution in [1.29, 1.82) is 0 Å². The summed E-state index contributed by atoms with van der Waals surface area (Å²) in [6.45, 7) is 3.28. The lowest BCUT2D eigenvalue weighted by Gasteiger charge is -2.17. The molecule has 1 rings (SSSR count). The predicted octanol–water partition coefficient (Wildman–Crippen LogP) is 1.58. The van der Waals surface area contributed by atoms with Gasteiger partial charge in [-0.1, -0.05) is 25.2 Å². The number of carboxylic acid groups (broad SMARTS) is 1. The number of hydrogen-bond acceptors (Lipinski definition) is 7. The fraction of sp³-hybridized carbons (Fsp3) is 0.500. The second-order valence-electron chi connectivity index (χ2n) is 4.51. The van der Waals surface area contributed by atoms with Gasteiger partial charge in [-0.25, -0.2) is 13.2 Å². The number of nitro groups is 1. The minimum absolute atomic E-state index is 0.0727. The van der Waals surface area contributed by atoms with Crippen molar-refractivity contribution in [1.82, 2.24) is 0 Å². The Balaban J connectivity index is 3.26. The number of rotatable bonds is 6. The zero-order valence-electron chi connectivity index (χ0n) is 11.0. The highest BCUT2D eigenvalue weighted by atomic mass is 32.2. The fourth-order valence-corrected chi connectivity index (χ4v) is 3.41. The van der Waals surface area contributed by atoms with E-state index in [0.717, 1.165) is 12.3 Å². The largest absolute Gasteiger partial charge is 0.480 e. The van der Waals surface area contributed by atoms with Gasteiger partial charge in [-0.15, -0.1) is 0 Å². The quantitative estimate of drug-likeness (QED) is 0.601. The highest BCUT2D eigenvalue weighted by Gasteiger charge is 2.29. The van der Waals surface area contributed by atoms with Crippen LogP contribution in [0, 0.1) is 16.0 Å². The molecule has 1 aromatic rings. The van der Waals surface area contributed by atoms with E-state index < -0.39 is 32.5 Å². The molecule has 0 aliphatic rings. The van der Waals surface area contributed by atoms with Gasteiger partial charge in [0.05, 0.1) is 4.92 Å². The lowest BCUT2D eigenvalue weighted by Crippen LogP contribution is -2.34. The van der Waals surface area contributed by atoms with E-state index in [2.05, 4.69) is 5.32 Å². The smallest absolute Gasteiger partial charge is 0.326 e. The number of thiophene rings is 1. The normalized spacial score (nSPS) is 13.2. The van der Waals surface area contributed by atoms with Crippen molar-refractivity contribution in [2.24, 2.45) is 5.92 Å². The summed E-state index contributed by atoms with van der Waals surface area (Å²) in [6.07, 6.45) is 0.934. The Morgan fingerprint density at radius 2 is 2.05 bits per heavy atom. The van der Waals surface area contributed by atoms with E-state index in [4.69, 9.17) is 5.11 Å². The van der Waals surface area contributed by atoms with Gasteiger partial charge in [0.15, 0.2) is 14.8 Å². The first-order valence-electron chi connectivity index (χ1n) is 5.51. The molecule has 0 aromatic carbocycles. The highest BCUT2D eigenvalue weighted by molar-refractivity contribution is 7.92. The zero-order valence-corrected chi connectivity index (χ0v) is 12.6. The summed E-state index contributed by atoms with van der Waals surface area (Å²) in [6, 6.07) is -0.110. The van der Waals surface area contributed by atoms with Crippen LogP contribution in [0.1, 0.15) is 13.8 Å². The first kappa shape index (κ1) is 16.4. The highest BCUT2D eigenvalue weighted by Crippen LogP contribution is 2.37. The third-order valence-electron chi connectivity index (χ3n) is 2.47. The summed E-state index contributed by atoms with van der Waals surface area (Å²) < 4.78 is 22.7. The number of aliphatic carboxylic acids is 1. The second kappa shape index (κ2) is 5.75. The minimum atomic E-state index is -3.59. The molecule has 0 fully saturated rings. The van der Waals surface area contributed by atoms with E-state index in [9.17, 15) is 23.3 Å². The average Bonchev–Trinajstić information content (AvgIpc) is 2.68. The SMILES string of the molecule is CC(C)[C@H](Nc1sc(S(C)(=O)=O)cc1[N+](=O)[O-])C(=O)O. The first-order chi connectivity index (χ1) is 9.04. The summed E-state index contributed by atoms with van der Waals surface area (Å²) in [5, 5.41) is 22.4. The third-order valence-corrected chi connectivity index (χ3v) is 5.33. The van der Waals surface area contributed by atoms with Gasteiger partial charge >= 0.3 is 11.7 Å². The number of nitrogens with one attached hydrogen (secondary N) is 1. The Morgan fingerprint density at radius 3 is 2.40 bits per heavy atom. The predicted molar refractivity (Wildman–Crippen MR) is 74.0 cm³/mol. The molecule has 1 atom stereocenters. The van der Waals surface area contributed by atoms with Crippen molar-refractivity contribution in [3.05, 3.63) is 16.2 Å². The summed E-state index contributed by atoms with van der Waals surface area (Å²) >= 11 is 0.654. The Hall–Kier alpha value is -1.68. The van der Waals surface area contributed by atoms with E-state index in [1.54, 1.807) is 13.8 Å². The number of nitrogens with zero attached hydrogens (tertiary/aromatic N) is 1. The standard InChI is InChI=1S/C10H14N2O6S2/c1-5(2)8(10(13)14)11-9-6(12(15)16)4-7(19-9)20(3,17)18/h4-5,8,11H,1-3H3,(H,13,14)/t8-/m0/s1. The molecule has 0 unspecified atom stereocenters. The monoisotopic (exact) mass is 322 g/mol. The van der Waals surface area contributed by atoms with Crippen molar-refractivity contribution in [3.8, 4) is 0 Å². The van der Waals surface area contributed by atoms with E-state index in [1.807, 2.05) is 0 Å². The van der Waals surface area contributed by atoms with Gasteiger partial charge in [0, 0.05) is 12.3 Å². The molecule has 0 bridgehead atoms. The minimum Gasteiger partial charge on any atom is -0.480 e. The van der Waals surface area contributed by atoms with Crippen molar-refractivity contribution in [2.45, 2.75) is 24.1 Å². The molecule has 0 saturated heterocycles. The number of carboxylic acids is 1. The van der Waals surface area contributed by atoms with E-state index in [0.29, 0.717) is 11.3 Å². The summed E-state index contributed by atoms with van der Waals surface area (Å²) in [5.74, 6) is -1.49. The van der Waals surface area contributed by atoms with E-state index in [-0.39, 0.29) is 15.1 Å². The third kappa shape index (κ3) is 3.67.